The molecule has 0 aliphatic carbocycles. The normalized spacial score (nSPS) is 13.9. The Kier molecular flexibility index (Phi) is 9.55. The van der Waals surface area contributed by atoms with Crippen molar-refractivity contribution in [1.29, 1.82) is 0 Å². The lowest BCUT2D eigenvalue weighted by molar-refractivity contribution is -0.140. The molecule has 0 saturated heterocycles. The smallest absolute Gasteiger partial charge is 0.327 e. The second-order valence-corrected chi connectivity index (χ2v) is 5.94. The number of carboxylic acids is 1. The van der Waals surface area contributed by atoms with Gasteiger partial charge in [-0.25, -0.2) is 4.79 Å². The summed E-state index contributed by atoms with van der Waals surface area (Å²) in [5.74, 6) is -1.05. The van der Waals surface area contributed by atoms with E-state index in [9.17, 15) is 13.8 Å². The Labute approximate surface area is 111 Å². The average Bonchev–Trinajstić information content (AvgIpc) is 2.27. The summed E-state index contributed by atoms with van der Waals surface area (Å²) in [7, 11) is -1.19. The van der Waals surface area contributed by atoms with Crippen molar-refractivity contribution >= 4 is 22.7 Å². The first kappa shape index (κ1) is 17.1. The van der Waals surface area contributed by atoms with E-state index in [0.29, 0.717) is 5.75 Å². The molecule has 0 aromatic carbocycles. The highest BCUT2D eigenvalue weighted by Gasteiger charge is 2.20. The Balaban J connectivity index is 3.88. The maximum atomic E-state index is 11.7. The van der Waals surface area contributed by atoms with Crippen LogP contribution in [-0.2, 0) is 20.4 Å². The van der Waals surface area contributed by atoms with Crippen LogP contribution in [0.5, 0.6) is 0 Å². The van der Waals surface area contributed by atoms with Gasteiger partial charge in [0, 0.05) is 23.5 Å². The van der Waals surface area contributed by atoms with Crippen LogP contribution >= 0.6 is 0 Å². The Bertz CT molecular complexity index is 294. The van der Waals surface area contributed by atoms with Crippen molar-refractivity contribution in [3.63, 3.8) is 0 Å². The van der Waals surface area contributed by atoms with Gasteiger partial charge < -0.3 is 10.4 Å². The molecule has 0 spiro atoms. The highest BCUT2D eigenvalue weighted by atomic mass is 32.2. The zero-order valence-corrected chi connectivity index (χ0v) is 11.9. The molecule has 0 saturated carbocycles. The van der Waals surface area contributed by atoms with E-state index in [1.807, 2.05) is 0 Å². The summed E-state index contributed by atoms with van der Waals surface area (Å²) in [6.07, 6.45) is 5.33. The molecule has 0 bridgehead atoms. The van der Waals surface area contributed by atoms with Gasteiger partial charge in [0.2, 0.25) is 5.91 Å². The van der Waals surface area contributed by atoms with Gasteiger partial charge in [-0.1, -0.05) is 32.6 Å². The molecule has 2 unspecified atom stereocenters. The largest absolute Gasteiger partial charge is 0.480 e. The van der Waals surface area contributed by atoms with E-state index in [1.165, 1.54) is 13.3 Å². The topological polar surface area (TPSA) is 83.5 Å². The SMILES string of the molecule is CCCCCCCS(=O)CC(NC(C)=O)C(=O)O. The van der Waals surface area contributed by atoms with Gasteiger partial charge in [0.1, 0.15) is 6.04 Å². The van der Waals surface area contributed by atoms with Crippen LogP contribution in [0.1, 0.15) is 46.0 Å². The molecule has 5 nitrogen and oxygen atoms in total. The molecule has 0 aliphatic heterocycles. The Morgan fingerprint density at radius 1 is 1.22 bits per heavy atom. The third kappa shape index (κ3) is 9.15. The standard InChI is InChI=1S/C12H23NO4S/c1-3-4-5-6-7-8-18(17)9-11(12(15)16)13-10(2)14/h11H,3-9H2,1-2H3,(H,13,14)(H,15,16). The first-order chi connectivity index (χ1) is 8.47. The van der Waals surface area contributed by atoms with Crippen molar-refractivity contribution in [3.05, 3.63) is 0 Å². The highest BCUT2D eigenvalue weighted by molar-refractivity contribution is 7.85. The molecule has 0 radical (unpaired) electrons. The van der Waals surface area contributed by atoms with Crippen LogP contribution in [0.25, 0.3) is 0 Å². The molecule has 106 valence electrons. The lowest BCUT2D eigenvalue weighted by Gasteiger charge is -2.12. The number of carboxylic acid groups (broad SMARTS) is 1. The molecular weight excluding hydrogens is 254 g/mol. The number of nitrogens with one attached hydrogen (secondary N) is 1. The van der Waals surface area contributed by atoms with Crippen molar-refractivity contribution in [1.82, 2.24) is 5.32 Å². The van der Waals surface area contributed by atoms with Gasteiger partial charge in [-0.2, -0.15) is 0 Å². The van der Waals surface area contributed by atoms with Crippen LogP contribution in [0.15, 0.2) is 0 Å². The van der Waals surface area contributed by atoms with Gasteiger partial charge in [0.05, 0.1) is 5.75 Å². The van der Waals surface area contributed by atoms with E-state index in [2.05, 4.69) is 12.2 Å². The summed E-state index contributed by atoms with van der Waals surface area (Å²) in [5.41, 5.74) is 0. The number of hydrogen-bond donors (Lipinski definition) is 2. The molecule has 2 atom stereocenters. The fourth-order valence-corrected chi connectivity index (χ4v) is 2.85. The Morgan fingerprint density at radius 3 is 2.33 bits per heavy atom. The molecule has 18 heavy (non-hydrogen) atoms. The molecule has 1 amide bonds. The van der Waals surface area contributed by atoms with Crippen LogP contribution in [-0.4, -0.2) is 38.7 Å². The van der Waals surface area contributed by atoms with Crippen LogP contribution in [0.3, 0.4) is 0 Å². The van der Waals surface area contributed by atoms with Gasteiger partial charge in [0.15, 0.2) is 0 Å². The maximum absolute atomic E-state index is 11.7. The number of unbranched alkanes of at least 4 members (excludes halogenated alkanes) is 4. The third-order valence-electron chi connectivity index (χ3n) is 2.50. The number of amides is 1. The second kappa shape index (κ2) is 10.1. The quantitative estimate of drug-likeness (QED) is 0.589. The van der Waals surface area contributed by atoms with Crippen molar-refractivity contribution in [2.45, 2.75) is 52.0 Å². The summed E-state index contributed by atoms with van der Waals surface area (Å²) in [5, 5.41) is 11.2. The summed E-state index contributed by atoms with van der Waals surface area (Å²) in [4.78, 5) is 21.6. The van der Waals surface area contributed by atoms with Crippen molar-refractivity contribution in [2.24, 2.45) is 0 Å². The van der Waals surface area contributed by atoms with E-state index in [0.717, 1.165) is 25.7 Å². The molecule has 0 aromatic rings. The molecule has 0 rings (SSSR count). The van der Waals surface area contributed by atoms with Crippen LogP contribution in [0.2, 0.25) is 0 Å². The number of aliphatic carboxylic acids is 1. The van der Waals surface area contributed by atoms with Crippen molar-refractivity contribution in [3.8, 4) is 0 Å². The second-order valence-electron chi connectivity index (χ2n) is 4.32. The van der Waals surface area contributed by atoms with E-state index in [4.69, 9.17) is 5.11 Å². The van der Waals surface area contributed by atoms with Crippen LogP contribution in [0, 0.1) is 0 Å². The Hall–Kier alpha value is -0.910. The Morgan fingerprint density at radius 2 is 1.83 bits per heavy atom. The zero-order valence-electron chi connectivity index (χ0n) is 11.1. The number of rotatable bonds is 10. The monoisotopic (exact) mass is 277 g/mol. The first-order valence-corrected chi connectivity index (χ1v) is 7.81. The third-order valence-corrected chi connectivity index (χ3v) is 3.95. The van der Waals surface area contributed by atoms with Crippen LogP contribution < -0.4 is 5.32 Å². The predicted octanol–water partition coefficient (Wildman–Crippen LogP) is 1.29. The number of carbonyl (C=O) groups is 2. The minimum atomic E-state index is -1.19. The van der Waals surface area contributed by atoms with Crippen molar-refractivity contribution < 1.29 is 18.9 Å². The lowest BCUT2D eigenvalue weighted by Crippen LogP contribution is -2.43. The lowest BCUT2D eigenvalue weighted by atomic mass is 10.2. The van der Waals surface area contributed by atoms with Gasteiger partial charge in [-0.3, -0.25) is 9.00 Å². The average molecular weight is 277 g/mol. The predicted molar refractivity (Wildman–Crippen MR) is 71.9 cm³/mol. The van der Waals surface area contributed by atoms with E-state index in [1.54, 1.807) is 0 Å². The summed E-state index contributed by atoms with van der Waals surface area (Å²) < 4.78 is 11.7. The molecule has 0 fully saturated rings. The molecule has 0 aliphatic rings. The van der Waals surface area contributed by atoms with Crippen LogP contribution in [0.4, 0.5) is 0 Å². The van der Waals surface area contributed by atoms with Gasteiger partial charge in [0.25, 0.3) is 0 Å². The number of hydrogen-bond acceptors (Lipinski definition) is 3. The molecular formula is C12H23NO4S. The van der Waals surface area contributed by atoms with E-state index in [-0.39, 0.29) is 5.75 Å². The minimum absolute atomic E-state index is 0.0112. The van der Waals surface area contributed by atoms with Gasteiger partial charge in [-0.15, -0.1) is 0 Å². The fourth-order valence-electron chi connectivity index (χ4n) is 1.56. The summed E-state index contributed by atoms with van der Waals surface area (Å²) >= 11 is 0. The molecule has 6 heteroatoms. The van der Waals surface area contributed by atoms with E-state index < -0.39 is 28.7 Å². The minimum Gasteiger partial charge on any atom is -0.480 e. The summed E-state index contributed by atoms with van der Waals surface area (Å²) in [6, 6.07) is -1.04. The molecule has 0 heterocycles. The maximum Gasteiger partial charge on any atom is 0.327 e. The van der Waals surface area contributed by atoms with Gasteiger partial charge in [-0.05, 0) is 6.42 Å². The number of carbonyl (C=O) groups excluding carboxylic acids is 1. The highest BCUT2D eigenvalue weighted by Crippen LogP contribution is 2.04. The summed E-state index contributed by atoms with van der Waals surface area (Å²) in [6.45, 7) is 3.38. The zero-order chi connectivity index (χ0) is 14.0. The van der Waals surface area contributed by atoms with Gasteiger partial charge >= 0.3 is 5.97 Å². The van der Waals surface area contributed by atoms with E-state index >= 15 is 0 Å². The first-order valence-electron chi connectivity index (χ1n) is 6.32. The fraction of sp³-hybridized carbons (Fsp3) is 0.833. The molecule has 0 aromatic heterocycles. The van der Waals surface area contributed by atoms with Crippen molar-refractivity contribution in [2.75, 3.05) is 11.5 Å². The molecule has 2 N–H and O–H groups in total.